The molecule has 0 saturated carbocycles. The standard InChI is InChI=1S/C22H25N5O4S/c28-21(26-13-18-5-8-23-12-19(18)14-26)25-24-11-17-1-3-20(4-2-17)32(29,30)27-15-22(16-27)6-9-31-10-7-22/h1-5,8,12H,6-7,9-11,13-16H2. The van der Waals surface area contributed by atoms with E-state index in [1.807, 2.05) is 6.07 Å². The number of nitrogens with zero attached hydrogens (tertiary/aromatic N) is 5. The summed E-state index contributed by atoms with van der Waals surface area (Å²) in [5.41, 5.74) is 2.98. The van der Waals surface area contributed by atoms with E-state index in [2.05, 4.69) is 15.2 Å². The summed E-state index contributed by atoms with van der Waals surface area (Å²) in [4.78, 5) is 18.3. The van der Waals surface area contributed by atoms with Crippen molar-refractivity contribution in [1.29, 1.82) is 0 Å². The van der Waals surface area contributed by atoms with Crippen LogP contribution in [0.5, 0.6) is 0 Å². The first-order chi connectivity index (χ1) is 15.5. The fourth-order valence-electron chi connectivity index (χ4n) is 4.50. The van der Waals surface area contributed by atoms with Crippen molar-refractivity contribution >= 4 is 16.1 Å². The van der Waals surface area contributed by atoms with Gasteiger partial charge in [0.05, 0.1) is 11.4 Å². The minimum absolute atomic E-state index is 0.0887. The minimum Gasteiger partial charge on any atom is -0.381 e. The molecule has 1 aromatic heterocycles. The number of carbonyl (C=O) groups is 1. The second kappa shape index (κ2) is 8.34. The lowest BCUT2D eigenvalue weighted by Crippen LogP contribution is -2.60. The molecule has 0 bridgehead atoms. The SMILES string of the molecule is O=C(N=NCc1ccc(S(=O)(=O)N2CC3(CCOCC3)C2)cc1)N1Cc2ccncc2C1. The molecular weight excluding hydrogens is 430 g/mol. The van der Waals surface area contributed by atoms with Crippen LogP contribution in [0.15, 0.2) is 57.8 Å². The van der Waals surface area contributed by atoms with Crippen molar-refractivity contribution in [3.05, 3.63) is 59.4 Å². The number of sulfonamides is 1. The molecule has 0 aliphatic carbocycles. The Morgan fingerprint density at radius 3 is 2.50 bits per heavy atom. The first-order valence-electron chi connectivity index (χ1n) is 10.7. The second-order valence-corrected chi connectivity index (χ2v) is 10.6. The number of aromatic nitrogens is 1. The molecule has 2 amide bonds. The Hall–Kier alpha value is -2.69. The molecular formula is C22H25N5O4S. The van der Waals surface area contributed by atoms with Crippen LogP contribution >= 0.6 is 0 Å². The van der Waals surface area contributed by atoms with Gasteiger partial charge in [-0.05, 0) is 47.7 Å². The van der Waals surface area contributed by atoms with Crippen molar-refractivity contribution in [2.24, 2.45) is 15.6 Å². The van der Waals surface area contributed by atoms with Crippen LogP contribution in [0.4, 0.5) is 4.79 Å². The van der Waals surface area contributed by atoms with Crippen LogP contribution in [-0.2, 0) is 34.4 Å². The predicted octanol–water partition coefficient (Wildman–Crippen LogP) is 2.97. The molecule has 0 unspecified atom stereocenters. The Labute approximate surface area is 187 Å². The third-order valence-electron chi connectivity index (χ3n) is 6.55. The van der Waals surface area contributed by atoms with Crippen molar-refractivity contribution in [2.45, 2.75) is 37.4 Å². The van der Waals surface area contributed by atoms with Gasteiger partial charge < -0.3 is 9.64 Å². The van der Waals surface area contributed by atoms with Crippen LogP contribution in [-0.4, -0.2) is 54.9 Å². The van der Waals surface area contributed by atoms with Crippen LogP contribution in [0.2, 0.25) is 0 Å². The van der Waals surface area contributed by atoms with Gasteiger partial charge in [-0.25, -0.2) is 13.2 Å². The van der Waals surface area contributed by atoms with Gasteiger partial charge in [0, 0.05) is 57.2 Å². The first-order valence-corrected chi connectivity index (χ1v) is 12.1. The maximum Gasteiger partial charge on any atom is 0.362 e. The highest BCUT2D eigenvalue weighted by molar-refractivity contribution is 7.89. The van der Waals surface area contributed by atoms with E-state index in [1.165, 1.54) is 0 Å². The topological polar surface area (TPSA) is 105 Å². The van der Waals surface area contributed by atoms with Gasteiger partial charge in [0.2, 0.25) is 10.0 Å². The van der Waals surface area contributed by atoms with Gasteiger partial charge in [0.25, 0.3) is 0 Å². The summed E-state index contributed by atoms with van der Waals surface area (Å²) < 4.78 is 32.7. The average molecular weight is 456 g/mol. The number of pyridine rings is 1. The average Bonchev–Trinajstić information content (AvgIpc) is 3.23. The normalized spacial score (nSPS) is 20.4. The number of ether oxygens (including phenoxy) is 1. The van der Waals surface area contributed by atoms with E-state index in [1.54, 1.807) is 45.9 Å². The van der Waals surface area contributed by atoms with Crippen molar-refractivity contribution in [2.75, 3.05) is 26.3 Å². The van der Waals surface area contributed by atoms with E-state index in [4.69, 9.17) is 4.74 Å². The minimum atomic E-state index is -3.49. The summed E-state index contributed by atoms with van der Waals surface area (Å²) in [5.74, 6) is 0. The molecule has 168 valence electrons. The molecule has 4 heterocycles. The second-order valence-electron chi connectivity index (χ2n) is 8.71. The Kier molecular flexibility index (Phi) is 5.52. The van der Waals surface area contributed by atoms with Gasteiger partial charge in [-0.1, -0.05) is 17.2 Å². The van der Waals surface area contributed by atoms with E-state index in [-0.39, 0.29) is 22.9 Å². The number of rotatable bonds is 4. The van der Waals surface area contributed by atoms with Gasteiger partial charge in [-0.3, -0.25) is 4.98 Å². The predicted molar refractivity (Wildman–Crippen MR) is 115 cm³/mol. The van der Waals surface area contributed by atoms with Gasteiger partial charge in [0.15, 0.2) is 0 Å². The van der Waals surface area contributed by atoms with E-state index in [9.17, 15) is 13.2 Å². The number of benzene rings is 1. The number of urea groups is 1. The Morgan fingerprint density at radius 2 is 1.78 bits per heavy atom. The van der Waals surface area contributed by atoms with E-state index in [0.717, 1.165) is 29.5 Å². The molecule has 5 rings (SSSR count). The molecule has 1 spiro atoms. The smallest absolute Gasteiger partial charge is 0.362 e. The summed E-state index contributed by atoms with van der Waals surface area (Å²) >= 11 is 0. The third-order valence-corrected chi connectivity index (χ3v) is 8.35. The quantitative estimate of drug-likeness (QED) is 0.659. The monoisotopic (exact) mass is 455 g/mol. The van der Waals surface area contributed by atoms with Crippen LogP contribution in [0, 0.1) is 5.41 Å². The summed E-state index contributed by atoms with van der Waals surface area (Å²) in [6.45, 7) is 3.75. The highest BCUT2D eigenvalue weighted by Crippen LogP contribution is 2.42. The Balaban J connectivity index is 1.15. The van der Waals surface area contributed by atoms with Gasteiger partial charge in [-0.15, -0.1) is 0 Å². The lowest BCUT2D eigenvalue weighted by Gasteiger charge is -2.51. The summed E-state index contributed by atoms with van der Waals surface area (Å²) in [6.07, 6.45) is 5.31. The Bertz CT molecular complexity index is 1110. The third kappa shape index (κ3) is 4.05. The van der Waals surface area contributed by atoms with Gasteiger partial charge >= 0.3 is 6.03 Å². The molecule has 9 nitrogen and oxygen atoms in total. The van der Waals surface area contributed by atoms with Gasteiger partial charge in [-0.2, -0.15) is 9.42 Å². The first kappa shape index (κ1) is 21.2. The van der Waals surface area contributed by atoms with Crippen LogP contribution in [0.1, 0.15) is 29.5 Å². The van der Waals surface area contributed by atoms with Crippen LogP contribution in [0.25, 0.3) is 0 Å². The highest BCUT2D eigenvalue weighted by atomic mass is 32.2. The number of hydrogen-bond acceptors (Lipinski definition) is 6. The molecule has 0 N–H and O–H groups in total. The molecule has 32 heavy (non-hydrogen) atoms. The van der Waals surface area contributed by atoms with Crippen molar-refractivity contribution in [3.63, 3.8) is 0 Å². The molecule has 3 aliphatic rings. The van der Waals surface area contributed by atoms with Crippen molar-refractivity contribution in [1.82, 2.24) is 14.2 Å². The molecule has 2 fully saturated rings. The zero-order valence-corrected chi connectivity index (χ0v) is 18.5. The van der Waals surface area contributed by atoms with Crippen LogP contribution in [0.3, 0.4) is 0 Å². The maximum atomic E-state index is 12.9. The number of azo groups is 1. The van der Waals surface area contributed by atoms with Crippen molar-refractivity contribution in [3.8, 4) is 0 Å². The van der Waals surface area contributed by atoms with E-state index in [0.29, 0.717) is 39.4 Å². The Morgan fingerprint density at radius 1 is 1.06 bits per heavy atom. The fourth-order valence-corrected chi connectivity index (χ4v) is 6.17. The molecule has 0 atom stereocenters. The summed E-state index contributed by atoms with van der Waals surface area (Å²) in [7, 11) is -3.49. The summed E-state index contributed by atoms with van der Waals surface area (Å²) in [5, 5.41) is 7.82. The highest BCUT2D eigenvalue weighted by Gasteiger charge is 2.48. The summed E-state index contributed by atoms with van der Waals surface area (Å²) in [6, 6.07) is 8.15. The van der Waals surface area contributed by atoms with Gasteiger partial charge in [0.1, 0.15) is 0 Å². The molecule has 0 radical (unpaired) electrons. The molecule has 1 aromatic carbocycles. The molecule has 10 heteroatoms. The van der Waals surface area contributed by atoms with Crippen molar-refractivity contribution < 1.29 is 17.9 Å². The molecule has 3 aliphatic heterocycles. The lowest BCUT2D eigenvalue weighted by atomic mass is 9.75. The van der Waals surface area contributed by atoms with E-state index >= 15 is 0 Å². The van der Waals surface area contributed by atoms with Crippen LogP contribution < -0.4 is 0 Å². The zero-order chi connectivity index (χ0) is 22.2. The number of carbonyl (C=O) groups excluding carboxylic acids is 1. The number of fused-ring (bicyclic) bond motifs is 1. The fraction of sp³-hybridized carbons (Fsp3) is 0.455. The number of hydrogen-bond donors (Lipinski definition) is 0. The van der Waals surface area contributed by atoms with E-state index < -0.39 is 10.0 Å². The zero-order valence-electron chi connectivity index (χ0n) is 17.7. The lowest BCUT2D eigenvalue weighted by molar-refractivity contribution is -0.0476. The molecule has 2 saturated heterocycles. The largest absolute Gasteiger partial charge is 0.381 e. The number of amides is 2. The maximum absolute atomic E-state index is 12.9. The molecule has 2 aromatic rings.